The summed E-state index contributed by atoms with van der Waals surface area (Å²) in [7, 11) is 0. The molecule has 31 heavy (non-hydrogen) atoms. The number of likely N-dealkylation sites (tertiary alicyclic amines) is 1. The zero-order chi connectivity index (χ0) is 22.1. The quantitative estimate of drug-likeness (QED) is 0.607. The van der Waals surface area contributed by atoms with Gasteiger partial charge in [-0.25, -0.2) is 0 Å². The van der Waals surface area contributed by atoms with Crippen molar-refractivity contribution in [1.82, 2.24) is 0 Å². The lowest BCUT2D eigenvalue weighted by Crippen LogP contribution is -3.11. The third-order valence-electron chi connectivity index (χ3n) is 5.40. The molecule has 0 bridgehead atoms. The van der Waals surface area contributed by atoms with E-state index in [2.05, 4.69) is 17.4 Å². The van der Waals surface area contributed by atoms with Crippen molar-refractivity contribution in [3.8, 4) is 17.2 Å². The van der Waals surface area contributed by atoms with E-state index >= 15 is 0 Å². The van der Waals surface area contributed by atoms with E-state index < -0.39 is 0 Å². The molecule has 6 heteroatoms. The normalized spacial score (nSPS) is 14.2. The number of nitrogens with one attached hydrogen (secondary N) is 2. The summed E-state index contributed by atoms with van der Waals surface area (Å²) in [6.07, 6.45) is 3.99. The Morgan fingerprint density at radius 3 is 2.00 bits per heavy atom. The predicted molar refractivity (Wildman–Crippen MR) is 123 cm³/mol. The molecule has 2 aromatic carbocycles. The van der Waals surface area contributed by atoms with Crippen LogP contribution in [0, 0.1) is 0 Å². The van der Waals surface area contributed by atoms with Crippen LogP contribution in [0.1, 0.15) is 56.0 Å². The minimum atomic E-state index is -0.209. The fraction of sp³-hybridized carbons (Fsp3) is 0.480. The summed E-state index contributed by atoms with van der Waals surface area (Å²) < 4.78 is 17.2. The van der Waals surface area contributed by atoms with E-state index in [0.717, 1.165) is 12.2 Å². The maximum Gasteiger partial charge on any atom is 0.255 e. The zero-order valence-electron chi connectivity index (χ0n) is 19.0. The molecule has 1 aliphatic rings. The highest BCUT2D eigenvalue weighted by molar-refractivity contribution is 6.05. The first kappa shape index (κ1) is 22.9. The van der Waals surface area contributed by atoms with E-state index in [4.69, 9.17) is 14.2 Å². The Hall–Kier alpha value is -2.73. The second kappa shape index (κ2) is 11.6. The van der Waals surface area contributed by atoms with Gasteiger partial charge in [-0.1, -0.05) is 12.1 Å². The van der Waals surface area contributed by atoms with Crippen LogP contribution in [0.3, 0.4) is 0 Å². The van der Waals surface area contributed by atoms with Gasteiger partial charge in [0.25, 0.3) is 5.91 Å². The Labute approximate surface area is 185 Å². The standard InChI is InChI=1S/C25H34N2O4/c1-4-29-22-16-20(17-23(30-5-2)24(22)31-6-3)25(28)26-21-12-10-19(11-13-21)18-27-14-8-7-9-15-27/h10-13,16-17H,4-9,14-15,18H2,1-3H3,(H,26,28)/p+1. The Morgan fingerprint density at radius 1 is 0.871 bits per heavy atom. The molecule has 0 atom stereocenters. The van der Waals surface area contributed by atoms with Gasteiger partial charge in [-0.2, -0.15) is 0 Å². The van der Waals surface area contributed by atoms with Gasteiger partial charge in [-0.3, -0.25) is 4.79 Å². The van der Waals surface area contributed by atoms with Crippen LogP contribution in [-0.2, 0) is 6.54 Å². The Balaban J connectivity index is 1.72. The highest BCUT2D eigenvalue weighted by atomic mass is 16.5. The first-order valence-electron chi connectivity index (χ1n) is 11.4. The van der Waals surface area contributed by atoms with Crippen molar-refractivity contribution in [3.63, 3.8) is 0 Å². The lowest BCUT2D eigenvalue weighted by Gasteiger charge is -2.23. The van der Waals surface area contributed by atoms with Gasteiger partial charge in [-0.15, -0.1) is 0 Å². The van der Waals surface area contributed by atoms with Crippen molar-refractivity contribution in [2.45, 2.75) is 46.6 Å². The molecule has 168 valence electrons. The SMILES string of the molecule is CCOc1cc(C(=O)Nc2ccc(C[NH+]3CCCCC3)cc2)cc(OCC)c1OCC. The van der Waals surface area contributed by atoms with E-state index in [1.54, 1.807) is 17.0 Å². The van der Waals surface area contributed by atoms with Crippen LogP contribution in [-0.4, -0.2) is 38.8 Å². The van der Waals surface area contributed by atoms with Gasteiger partial charge in [-0.05, 0) is 64.3 Å². The number of benzene rings is 2. The maximum atomic E-state index is 12.9. The van der Waals surface area contributed by atoms with Gasteiger partial charge in [0.15, 0.2) is 11.5 Å². The van der Waals surface area contributed by atoms with Gasteiger partial charge in [0.2, 0.25) is 5.75 Å². The number of rotatable bonds is 10. The molecule has 1 fully saturated rings. The van der Waals surface area contributed by atoms with Crippen LogP contribution in [0.15, 0.2) is 36.4 Å². The van der Waals surface area contributed by atoms with Crippen LogP contribution in [0.2, 0.25) is 0 Å². The number of hydrogen-bond donors (Lipinski definition) is 2. The Bertz CT molecular complexity index is 818. The van der Waals surface area contributed by atoms with Crippen LogP contribution in [0.5, 0.6) is 17.2 Å². The van der Waals surface area contributed by atoms with E-state index in [1.165, 1.54) is 37.9 Å². The molecular formula is C25H35N2O4+. The van der Waals surface area contributed by atoms with Crippen LogP contribution >= 0.6 is 0 Å². The second-order valence-electron chi connectivity index (χ2n) is 7.74. The minimum absolute atomic E-state index is 0.209. The second-order valence-corrected chi connectivity index (χ2v) is 7.74. The lowest BCUT2D eigenvalue weighted by atomic mass is 10.1. The van der Waals surface area contributed by atoms with Crippen molar-refractivity contribution >= 4 is 11.6 Å². The number of carbonyl (C=O) groups is 1. The number of ether oxygens (including phenoxy) is 3. The highest BCUT2D eigenvalue weighted by Gasteiger charge is 2.19. The number of quaternary nitrogens is 1. The number of piperidine rings is 1. The first-order valence-corrected chi connectivity index (χ1v) is 11.4. The number of anilines is 1. The summed E-state index contributed by atoms with van der Waals surface area (Å²) in [4.78, 5) is 14.6. The van der Waals surface area contributed by atoms with Crippen LogP contribution in [0.25, 0.3) is 0 Å². The summed E-state index contributed by atoms with van der Waals surface area (Å²) in [5, 5.41) is 2.98. The number of hydrogen-bond acceptors (Lipinski definition) is 4. The van der Waals surface area contributed by atoms with Crippen LogP contribution in [0.4, 0.5) is 5.69 Å². The molecule has 6 nitrogen and oxygen atoms in total. The number of carbonyl (C=O) groups excluding carboxylic acids is 1. The average molecular weight is 428 g/mol. The van der Waals surface area contributed by atoms with Gasteiger partial charge in [0.05, 0.1) is 32.9 Å². The highest BCUT2D eigenvalue weighted by Crippen LogP contribution is 2.39. The van der Waals surface area contributed by atoms with Crippen LogP contribution < -0.4 is 24.4 Å². The summed E-state index contributed by atoms with van der Waals surface area (Å²) in [6.45, 7) is 10.7. The molecule has 0 radical (unpaired) electrons. The van der Waals surface area contributed by atoms with Gasteiger partial charge >= 0.3 is 0 Å². The van der Waals surface area contributed by atoms with Crippen molar-refractivity contribution in [3.05, 3.63) is 47.5 Å². The van der Waals surface area contributed by atoms with Gasteiger partial charge in [0.1, 0.15) is 6.54 Å². The molecule has 0 aliphatic carbocycles. The molecule has 3 rings (SSSR count). The number of amides is 1. The minimum Gasteiger partial charge on any atom is -0.490 e. The fourth-order valence-electron chi connectivity index (χ4n) is 3.95. The predicted octanol–water partition coefficient (Wildman–Crippen LogP) is 3.70. The largest absolute Gasteiger partial charge is 0.490 e. The van der Waals surface area contributed by atoms with Gasteiger partial charge in [0, 0.05) is 16.8 Å². The Morgan fingerprint density at radius 2 is 1.45 bits per heavy atom. The van der Waals surface area contributed by atoms with E-state index in [0.29, 0.717) is 42.6 Å². The molecule has 0 saturated carbocycles. The third-order valence-corrected chi connectivity index (χ3v) is 5.40. The van der Waals surface area contributed by atoms with Gasteiger partial charge < -0.3 is 24.4 Å². The molecule has 0 spiro atoms. The third kappa shape index (κ3) is 6.37. The molecule has 0 aromatic heterocycles. The molecule has 1 aliphatic heterocycles. The van der Waals surface area contributed by atoms with Crippen molar-refractivity contribution in [1.29, 1.82) is 0 Å². The van der Waals surface area contributed by atoms with E-state index in [1.807, 2.05) is 32.9 Å². The van der Waals surface area contributed by atoms with Crippen molar-refractivity contribution in [2.24, 2.45) is 0 Å². The lowest BCUT2D eigenvalue weighted by molar-refractivity contribution is -0.918. The molecule has 1 heterocycles. The maximum absolute atomic E-state index is 12.9. The summed E-state index contributed by atoms with van der Waals surface area (Å²) in [5.74, 6) is 1.35. The summed E-state index contributed by atoms with van der Waals surface area (Å²) >= 11 is 0. The zero-order valence-corrected chi connectivity index (χ0v) is 19.0. The first-order chi connectivity index (χ1) is 15.1. The summed E-state index contributed by atoms with van der Waals surface area (Å²) in [6, 6.07) is 11.6. The Kier molecular flexibility index (Phi) is 8.59. The smallest absolute Gasteiger partial charge is 0.255 e. The van der Waals surface area contributed by atoms with E-state index in [9.17, 15) is 4.79 Å². The van der Waals surface area contributed by atoms with Crippen molar-refractivity contribution < 1.29 is 23.9 Å². The molecule has 2 N–H and O–H groups in total. The molecule has 0 unspecified atom stereocenters. The molecule has 1 saturated heterocycles. The average Bonchev–Trinajstić information content (AvgIpc) is 2.78. The van der Waals surface area contributed by atoms with Crippen molar-refractivity contribution in [2.75, 3.05) is 38.2 Å². The molecule has 2 aromatic rings. The monoisotopic (exact) mass is 427 g/mol. The topological polar surface area (TPSA) is 61.2 Å². The molecule has 1 amide bonds. The fourth-order valence-corrected chi connectivity index (χ4v) is 3.95. The molecular weight excluding hydrogens is 392 g/mol. The summed E-state index contributed by atoms with van der Waals surface area (Å²) in [5.41, 5.74) is 2.54. The van der Waals surface area contributed by atoms with E-state index in [-0.39, 0.29) is 5.91 Å².